The van der Waals surface area contributed by atoms with E-state index >= 15 is 0 Å². The number of hydrogen-bond acceptors (Lipinski definition) is 7. The van der Waals surface area contributed by atoms with E-state index in [2.05, 4.69) is 10.6 Å². The fraction of sp³-hybridized carbons (Fsp3) is 0.500. The number of carbonyl (C=O) groups excluding carboxylic acids is 4. The molecule has 0 aromatic heterocycles. The van der Waals surface area contributed by atoms with Gasteiger partial charge in [0.05, 0.1) is 25.3 Å². The van der Waals surface area contributed by atoms with Crippen LogP contribution in [0.1, 0.15) is 68.6 Å². The van der Waals surface area contributed by atoms with Crippen LogP contribution >= 0.6 is 0 Å². The van der Waals surface area contributed by atoms with Gasteiger partial charge in [-0.1, -0.05) is 37.1 Å². The van der Waals surface area contributed by atoms with Crippen molar-refractivity contribution in [1.82, 2.24) is 15.1 Å². The van der Waals surface area contributed by atoms with Crippen molar-refractivity contribution < 1.29 is 50.6 Å². The monoisotopic (exact) mass is 718 g/mol. The molecule has 0 unspecified atom stereocenters. The molecule has 2 fully saturated rings. The van der Waals surface area contributed by atoms with Gasteiger partial charge in [-0.25, -0.2) is 18.4 Å². The molecule has 4 aliphatic rings. The molecule has 2 N–H and O–H groups in total. The molecule has 3 amide bonds. The zero-order chi connectivity index (χ0) is 36.5. The fourth-order valence-corrected chi connectivity index (χ4v) is 7.16. The Hall–Kier alpha value is -4.69. The molecule has 5 atom stereocenters. The number of anilines is 1. The van der Waals surface area contributed by atoms with Crippen molar-refractivity contribution in [2.24, 2.45) is 5.92 Å². The van der Waals surface area contributed by atoms with Gasteiger partial charge in [-0.2, -0.15) is 13.2 Å². The lowest BCUT2D eigenvalue weighted by Gasteiger charge is -2.30. The van der Waals surface area contributed by atoms with E-state index in [1.54, 1.807) is 13.0 Å². The predicted octanol–water partition coefficient (Wildman–Crippen LogP) is 5.84. The molecule has 6 rings (SSSR count). The molecule has 1 saturated carbocycles. The highest BCUT2D eigenvalue weighted by atomic mass is 19.4. The highest BCUT2D eigenvalue weighted by Crippen LogP contribution is 2.46. The standard InChI is InChI=1S/C36H39F5N4O6/c1-2-50-33(48)35-17-22(35)10-6-4-3-5-7-12-29(42-25-14-23(36(39,40)41)13-24(37)15-25)32(47)45-19-26(16-30(45)31(46)43-35)51-34(49)44-18-21-9-8-11-28(38)27(21)20-44/h6,8-11,13-15,22,26,29-30,42H,2-5,7,12,16-20H2,1H3,(H,43,46)/b10-6-/t22-,26-,29+,30+,35-/m1/s1. The van der Waals surface area contributed by atoms with Crippen LogP contribution in [0.5, 0.6) is 0 Å². The van der Waals surface area contributed by atoms with E-state index in [4.69, 9.17) is 9.47 Å². The Morgan fingerprint density at radius 3 is 2.63 bits per heavy atom. The smallest absolute Gasteiger partial charge is 0.416 e. The Kier molecular flexibility index (Phi) is 10.3. The molecule has 0 radical (unpaired) electrons. The first kappa shape index (κ1) is 36.1. The molecule has 0 spiro atoms. The van der Waals surface area contributed by atoms with E-state index in [1.807, 2.05) is 12.2 Å². The van der Waals surface area contributed by atoms with Crippen molar-refractivity contribution in [1.29, 1.82) is 0 Å². The number of nitrogens with one attached hydrogen (secondary N) is 2. The van der Waals surface area contributed by atoms with Crippen LogP contribution in [-0.2, 0) is 43.1 Å². The molecule has 1 saturated heterocycles. The third-order valence-corrected chi connectivity index (χ3v) is 9.90. The number of amides is 3. The van der Waals surface area contributed by atoms with E-state index in [0.29, 0.717) is 42.5 Å². The molecule has 15 heteroatoms. The minimum absolute atomic E-state index is 0.0311. The quantitative estimate of drug-likeness (QED) is 0.227. The number of nitrogens with zero attached hydrogens (tertiary/aromatic N) is 2. The fourth-order valence-electron chi connectivity index (χ4n) is 7.16. The first-order chi connectivity index (χ1) is 24.3. The maximum absolute atomic E-state index is 14.4. The van der Waals surface area contributed by atoms with Gasteiger partial charge >= 0.3 is 18.2 Å². The van der Waals surface area contributed by atoms with Crippen LogP contribution in [0.15, 0.2) is 48.6 Å². The van der Waals surface area contributed by atoms with Gasteiger partial charge in [0.2, 0.25) is 11.8 Å². The number of allylic oxidation sites excluding steroid dienone is 1. The summed E-state index contributed by atoms with van der Waals surface area (Å²) in [6, 6.07) is 4.03. The number of ether oxygens (including phenoxy) is 2. The first-order valence-corrected chi connectivity index (χ1v) is 17.1. The third kappa shape index (κ3) is 7.81. The van der Waals surface area contributed by atoms with Gasteiger partial charge in [0, 0.05) is 30.1 Å². The van der Waals surface area contributed by atoms with Crippen LogP contribution in [0.4, 0.5) is 32.4 Å². The maximum Gasteiger partial charge on any atom is 0.416 e. The second-order valence-electron chi connectivity index (χ2n) is 13.5. The van der Waals surface area contributed by atoms with Crippen LogP contribution in [0.25, 0.3) is 0 Å². The summed E-state index contributed by atoms with van der Waals surface area (Å²) in [6.07, 6.45) is -0.0573. The van der Waals surface area contributed by atoms with Crippen molar-refractivity contribution in [3.63, 3.8) is 0 Å². The van der Waals surface area contributed by atoms with Gasteiger partial charge in [0.25, 0.3) is 0 Å². The topological polar surface area (TPSA) is 117 Å². The van der Waals surface area contributed by atoms with Crippen LogP contribution in [0, 0.1) is 17.6 Å². The summed E-state index contributed by atoms with van der Waals surface area (Å²) in [6.45, 7) is 1.54. The summed E-state index contributed by atoms with van der Waals surface area (Å²) in [4.78, 5) is 57.3. The Balaban J connectivity index is 1.28. The molecule has 51 heavy (non-hydrogen) atoms. The molecule has 1 aliphatic carbocycles. The number of hydrogen-bond donors (Lipinski definition) is 2. The lowest BCUT2D eigenvalue weighted by Crippen LogP contribution is -2.55. The van der Waals surface area contributed by atoms with Crippen molar-refractivity contribution in [2.45, 2.75) is 94.9 Å². The molecule has 10 nitrogen and oxygen atoms in total. The summed E-state index contributed by atoms with van der Waals surface area (Å²) in [7, 11) is 0. The highest BCUT2D eigenvalue weighted by Gasteiger charge is 2.62. The number of esters is 1. The largest absolute Gasteiger partial charge is 0.464 e. The van der Waals surface area contributed by atoms with Crippen LogP contribution in [0.3, 0.4) is 0 Å². The van der Waals surface area contributed by atoms with Crippen LogP contribution in [0.2, 0.25) is 0 Å². The average Bonchev–Trinajstić information content (AvgIpc) is 3.37. The van der Waals surface area contributed by atoms with E-state index < -0.39 is 71.0 Å². The molecule has 3 aliphatic heterocycles. The zero-order valence-electron chi connectivity index (χ0n) is 27.9. The van der Waals surface area contributed by atoms with Crippen molar-refractivity contribution >= 4 is 29.6 Å². The number of alkyl halides is 3. The van der Waals surface area contributed by atoms with Gasteiger partial charge in [-0.15, -0.1) is 0 Å². The van der Waals surface area contributed by atoms with Crippen molar-refractivity contribution in [3.05, 3.63) is 76.9 Å². The van der Waals surface area contributed by atoms with E-state index in [1.165, 1.54) is 21.9 Å². The SMILES string of the molecule is CCOC(=O)[C@@]12C[C@H]1/C=C\CCCCC[C@H](Nc1cc(F)cc(C(F)(F)F)c1)C(=O)N1C[C@H](OC(=O)N3Cc4cccc(F)c4C3)C[C@H]1C(=O)N2. The predicted molar refractivity (Wildman–Crippen MR) is 173 cm³/mol. The zero-order valence-corrected chi connectivity index (χ0v) is 27.9. The second-order valence-corrected chi connectivity index (χ2v) is 13.5. The number of carbonyl (C=O) groups is 4. The molecular formula is C36H39F5N4O6. The summed E-state index contributed by atoms with van der Waals surface area (Å²) >= 11 is 0. The van der Waals surface area contributed by atoms with E-state index in [-0.39, 0.29) is 57.1 Å². The maximum atomic E-state index is 14.4. The molecule has 2 aromatic rings. The number of benzene rings is 2. The van der Waals surface area contributed by atoms with Gasteiger partial charge in [-0.05, 0) is 62.4 Å². The lowest BCUT2D eigenvalue weighted by atomic mass is 10.0. The summed E-state index contributed by atoms with van der Waals surface area (Å²) in [5, 5.41) is 5.59. The van der Waals surface area contributed by atoms with E-state index in [0.717, 1.165) is 12.5 Å². The van der Waals surface area contributed by atoms with Gasteiger partial charge in [-0.3, -0.25) is 14.5 Å². The van der Waals surface area contributed by atoms with Gasteiger partial charge < -0.3 is 25.0 Å². The summed E-state index contributed by atoms with van der Waals surface area (Å²) < 4.78 is 80.4. The molecule has 3 heterocycles. The van der Waals surface area contributed by atoms with Crippen molar-refractivity contribution in [2.75, 3.05) is 18.5 Å². The van der Waals surface area contributed by atoms with Crippen LogP contribution in [-0.4, -0.2) is 70.6 Å². The minimum Gasteiger partial charge on any atom is -0.464 e. The third-order valence-electron chi connectivity index (χ3n) is 9.90. The Morgan fingerprint density at radius 2 is 1.88 bits per heavy atom. The van der Waals surface area contributed by atoms with Crippen molar-refractivity contribution in [3.8, 4) is 0 Å². The second kappa shape index (κ2) is 14.5. The Morgan fingerprint density at radius 1 is 1.08 bits per heavy atom. The van der Waals surface area contributed by atoms with E-state index in [9.17, 15) is 41.1 Å². The number of rotatable bonds is 5. The number of fused-ring (bicyclic) bond motifs is 3. The van der Waals surface area contributed by atoms with Gasteiger partial charge in [0.15, 0.2) is 0 Å². The minimum atomic E-state index is -4.84. The molecular weight excluding hydrogens is 679 g/mol. The normalized spacial score (nSPS) is 27.3. The highest BCUT2D eigenvalue weighted by molar-refractivity contribution is 5.96. The molecule has 2 aromatic carbocycles. The van der Waals surface area contributed by atoms with Gasteiger partial charge in [0.1, 0.15) is 35.4 Å². The lowest BCUT2D eigenvalue weighted by molar-refractivity contribution is -0.150. The summed E-state index contributed by atoms with van der Waals surface area (Å²) in [5.74, 6) is -3.94. The number of halogens is 5. The first-order valence-electron chi connectivity index (χ1n) is 17.1. The average molecular weight is 719 g/mol. The Bertz CT molecular complexity index is 1720. The molecule has 0 bridgehead atoms. The molecule has 274 valence electrons. The summed E-state index contributed by atoms with van der Waals surface area (Å²) in [5.41, 5.74) is -1.88. The van der Waals surface area contributed by atoms with Crippen LogP contribution < -0.4 is 10.6 Å². The Labute approximate surface area is 291 Å².